The van der Waals surface area contributed by atoms with Gasteiger partial charge in [0.2, 0.25) is 0 Å². The highest BCUT2D eigenvalue weighted by atomic mass is 16.5. The number of rotatable bonds is 6. The molecule has 1 saturated carbocycles. The summed E-state index contributed by atoms with van der Waals surface area (Å²) in [5, 5.41) is 3.52. The fourth-order valence-electron chi connectivity index (χ4n) is 2.50. The minimum Gasteiger partial charge on any atom is -0.380 e. The van der Waals surface area contributed by atoms with Gasteiger partial charge in [-0.15, -0.1) is 0 Å². The lowest BCUT2D eigenvalue weighted by Crippen LogP contribution is -2.45. The van der Waals surface area contributed by atoms with E-state index in [4.69, 9.17) is 4.74 Å². The molecular formula is C14H26N2O. The fourth-order valence-corrected chi connectivity index (χ4v) is 2.50. The van der Waals surface area contributed by atoms with E-state index in [2.05, 4.69) is 23.7 Å². The lowest BCUT2D eigenvalue weighted by molar-refractivity contribution is -0.00209. The quantitative estimate of drug-likeness (QED) is 0.712. The van der Waals surface area contributed by atoms with Crippen LogP contribution in [0.1, 0.15) is 26.2 Å². The van der Waals surface area contributed by atoms with Crippen LogP contribution >= 0.6 is 0 Å². The molecule has 0 bridgehead atoms. The first-order valence-corrected chi connectivity index (χ1v) is 6.84. The van der Waals surface area contributed by atoms with Gasteiger partial charge < -0.3 is 10.1 Å². The molecule has 0 aromatic heterocycles. The Kier molecular flexibility index (Phi) is 4.60. The molecular weight excluding hydrogens is 212 g/mol. The zero-order chi connectivity index (χ0) is 12.3. The van der Waals surface area contributed by atoms with Crippen LogP contribution in [0, 0.1) is 5.92 Å². The van der Waals surface area contributed by atoms with E-state index < -0.39 is 0 Å². The van der Waals surface area contributed by atoms with E-state index in [1.165, 1.54) is 31.4 Å². The molecule has 0 aromatic carbocycles. The van der Waals surface area contributed by atoms with E-state index in [1.54, 1.807) is 0 Å². The molecule has 1 aliphatic carbocycles. The Morgan fingerprint density at radius 2 is 2.18 bits per heavy atom. The number of hydrogen-bond donors (Lipinski definition) is 1. The Balaban J connectivity index is 1.68. The van der Waals surface area contributed by atoms with E-state index >= 15 is 0 Å². The molecule has 2 unspecified atom stereocenters. The Bertz CT molecular complexity index is 263. The van der Waals surface area contributed by atoms with Crippen molar-refractivity contribution in [1.29, 1.82) is 0 Å². The topological polar surface area (TPSA) is 24.5 Å². The summed E-state index contributed by atoms with van der Waals surface area (Å²) in [6, 6.07) is 0.778. The standard InChI is InChI=1S/C14H26N2O/c1-11(8-15-13-4-5-13)9-16-7-6-12(2)14(10-16)17-3/h12-15H,1,4-10H2,2-3H3. The summed E-state index contributed by atoms with van der Waals surface area (Å²) in [6.07, 6.45) is 4.33. The minimum atomic E-state index is 0.396. The second-order valence-electron chi connectivity index (χ2n) is 5.68. The third kappa shape index (κ3) is 4.09. The summed E-state index contributed by atoms with van der Waals surface area (Å²) >= 11 is 0. The van der Waals surface area contributed by atoms with Crippen LogP contribution < -0.4 is 5.32 Å². The fraction of sp³-hybridized carbons (Fsp3) is 0.857. The third-order valence-corrected chi connectivity index (χ3v) is 3.94. The lowest BCUT2D eigenvalue weighted by Gasteiger charge is -2.36. The van der Waals surface area contributed by atoms with Gasteiger partial charge >= 0.3 is 0 Å². The smallest absolute Gasteiger partial charge is 0.0724 e. The summed E-state index contributed by atoms with van der Waals surface area (Å²) in [7, 11) is 1.83. The van der Waals surface area contributed by atoms with Crippen LogP contribution in [0.3, 0.4) is 0 Å². The molecule has 2 atom stereocenters. The van der Waals surface area contributed by atoms with Gasteiger partial charge in [0.15, 0.2) is 0 Å². The zero-order valence-corrected chi connectivity index (χ0v) is 11.2. The number of hydrogen-bond acceptors (Lipinski definition) is 3. The zero-order valence-electron chi connectivity index (χ0n) is 11.2. The monoisotopic (exact) mass is 238 g/mol. The molecule has 1 aliphatic heterocycles. The Hall–Kier alpha value is -0.380. The van der Waals surface area contributed by atoms with Gasteiger partial charge in [-0.25, -0.2) is 0 Å². The van der Waals surface area contributed by atoms with Gasteiger partial charge in [-0.05, 0) is 37.3 Å². The number of nitrogens with one attached hydrogen (secondary N) is 1. The van der Waals surface area contributed by atoms with Gasteiger partial charge in [-0.2, -0.15) is 0 Å². The molecule has 2 fully saturated rings. The molecule has 1 saturated heterocycles. The third-order valence-electron chi connectivity index (χ3n) is 3.94. The van der Waals surface area contributed by atoms with Crippen molar-refractivity contribution in [3.05, 3.63) is 12.2 Å². The summed E-state index contributed by atoms with van der Waals surface area (Å²) in [5.74, 6) is 0.689. The number of ether oxygens (including phenoxy) is 1. The maximum Gasteiger partial charge on any atom is 0.0724 e. The van der Waals surface area contributed by atoms with E-state index in [0.29, 0.717) is 12.0 Å². The van der Waals surface area contributed by atoms with Gasteiger partial charge in [-0.1, -0.05) is 13.5 Å². The first-order chi connectivity index (χ1) is 8.19. The highest BCUT2D eigenvalue weighted by molar-refractivity contribution is 5.02. The Morgan fingerprint density at radius 1 is 1.41 bits per heavy atom. The van der Waals surface area contributed by atoms with E-state index in [1.807, 2.05) is 7.11 Å². The van der Waals surface area contributed by atoms with Crippen molar-refractivity contribution < 1.29 is 4.74 Å². The first-order valence-electron chi connectivity index (χ1n) is 6.84. The van der Waals surface area contributed by atoms with Crippen molar-refractivity contribution in [1.82, 2.24) is 10.2 Å². The van der Waals surface area contributed by atoms with Crippen molar-refractivity contribution >= 4 is 0 Å². The van der Waals surface area contributed by atoms with Crippen molar-refractivity contribution in [2.45, 2.75) is 38.3 Å². The largest absolute Gasteiger partial charge is 0.380 e. The van der Waals surface area contributed by atoms with Crippen LogP contribution in [0.2, 0.25) is 0 Å². The number of methoxy groups -OCH3 is 1. The number of nitrogens with zero attached hydrogens (tertiary/aromatic N) is 1. The van der Waals surface area contributed by atoms with Crippen LogP contribution in [-0.2, 0) is 4.74 Å². The second kappa shape index (κ2) is 5.98. The molecule has 0 spiro atoms. The summed E-state index contributed by atoms with van der Waals surface area (Å²) in [5.41, 5.74) is 1.31. The number of likely N-dealkylation sites (tertiary alicyclic amines) is 1. The molecule has 2 aliphatic rings. The molecule has 0 aromatic rings. The van der Waals surface area contributed by atoms with Crippen LogP contribution in [0.4, 0.5) is 0 Å². The SMILES string of the molecule is C=C(CNC1CC1)CN1CCC(C)C(OC)C1. The van der Waals surface area contributed by atoms with Gasteiger partial charge in [0.1, 0.15) is 0 Å². The average molecular weight is 238 g/mol. The van der Waals surface area contributed by atoms with Gasteiger partial charge in [0, 0.05) is 32.8 Å². The second-order valence-corrected chi connectivity index (χ2v) is 5.68. The normalized spacial score (nSPS) is 30.5. The maximum atomic E-state index is 5.54. The summed E-state index contributed by atoms with van der Waals surface area (Å²) in [4.78, 5) is 2.48. The minimum absolute atomic E-state index is 0.396. The highest BCUT2D eigenvalue weighted by Crippen LogP contribution is 2.21. The van der Waals surface area contributed by atoms with Crippen molar-refractivity contribution in [3.8, 4) is 0 Å². The van der Waals surface area contributed by atoms with Crippen LogP contribution in [0.5, 0.6) is 0 Å². The van der Waals surface area contributed by atoms with Crippen molar-refractivity contribution in [2.75, 3.05) is 33.3 Å². The number of piperidine rings is 1. The van der Waals surface area contributed by atoms with Gasteiger partial charge in [0.25, 0.3) is 0 Å². The molecule has 0 radical (unpaired) electrons. The molecule has 0 amide bonds. The maximum absolute atomic E-state index is 5.54. The van der Waals surface area contributed by atoms with Crippen LogP contribution in [-0.4, -0.2) is 50.3 Å². The van der Waals surface area contributed by atoms with E-state index in [9.17, 15) is 0 Å². The van der Waals surface area contributed by atoms with Crippen molar-refractivity contribution in [2.24, 2.45) is 5.92 Å². The van der Waals surface area contributed by atoms with E-state index in [0.717, 1.165) is 25.7 Å². The van der Waals surface area contributed by atoms with Gasteiger partial charge in [0.05, 0.1) is 6.10 Å². The Labute approximate surface area is 105 Å². The van der Waals surface area contributed by atoms with Gasteiger partial charge in [-0.3, -0.25) is 4.90 Å². The molecule has 2 rings (SSSR count). The van der Waals surface area contributed by atoms with Crippen LogP contribution in [0.25, 0.3) is 0 Å². The molecule has 3 heteroatoms. The highest BCUT2D eigenvalue weighted by Gasteiger charge is 2.26. The molecule has 1 heterocycles. The predicted octanol–water partition coefficient (Wildman–Crippen LogP) is 1.65. The molecule has 17 heavy (non-hydrogen) atoms. The lowest BCUT2D eigenvalue weighted by atomic mass is 9.95. The average Bonchev–Trinajstić information content (AvgIpc) is 3.13. The summed E-state index contributed by atoms with van der Waals surface area (Å²) in [6.45, 7) is 10.7. The predicted molar refractivity (Wildman–Crippen MR) is 71.2 cm³/mol. The molecule has 3 nitrogen and oxygen atoms in total. The van der Waals surface area contributed by atoms with E-state index in [-0.39, 0.29) is 0 Å². The Morgan fingerprint density at radius 3 is 2.82 bits per heavy atom. The molecule has 98 valence electrons. The molecule has 1 N–H and O–H groups in total. The van der Waals surface area contributed by atoms with Crippen molar-refractivity contribution in [3.63, 3.8) is 0 Å². The summed E-state index contributed by atoms with van der Waals surface area (Å²) < 4.78 is 5.54. The van der Waals surface area contributed by atoms with Crippen LogP contribution in [0.15, 0.2) is 12.2 Å². The first kappa shape index (κ1) is 13.1.